The first-order valence-electron chi connectivity index (χ1n) is 8.21. The fourth-order valence-corrected chi connectivity index (χ4v) is 3.96. The summed E-state index contributed by atoms with van der Waals surface area (Å²) in [6.45, 7) is 14.5. The molecule has 0 amide bonds. The van der Waals surface area contributed by atoms with Crippen LogP contribution >= 0.6 is 0 Å². The molecule has 0 radical (unpaired) electrons. The van der Waals surface area contributed by atoms with Gasteiger partial charge in [-0.2, -0.15) is 0 Å². The Kier molecular flexibility index (Phi) is 3.65. The van der Waals surface area contributed by atoms with Crippen molar-refractivity contribution in [2.75, 3.05) is 26.2 Å². The molecule has 0 aromatic heterocycles. The molecule has 2 atom stereocenters. The van der Waals surface area contributed by atoms with Gasteiger partial charge in [0.05, 0.1) is 0 Å². The molecular weight excluding hydrogens is 234 g/mol. The van der Waals surface area contributed by atoms with Gasteiger partial charge in [-0.05, 0) is 39.0 Å². The number of hydrogen-bond acceptors (Lipinski definition) is 3. The van der Waals surface area contributed by atoms with Gasteiger partial charge in [0.25, 0.3) is 0 Å². The molecule has 0 spiro atoms. The van der Waals surface area contributed by atoms with Crippen LogP contribution in [0.4, 0.5) is 0 Å². The molecule has 110 valence electrons. The van der Waals surface area contributed by atoms with Gasteiger partial charge >= 0.3 is 0 Å². The van der Waals surface area contributed by atoms with E-state index in [-0.39, 0.29) is 5.54 Å². The number of likely N-dealkylation sites (tertiary alicyclic amines) is 1. The molecule has 0 aromatic carbocycles. The number of piperazine rings is 1. The zero-order valence-electron chi connectivity index (χ0n) is 13.2. The summed E-state index contributed by atoms with van der Waals surface area (Å²) in [6.07, 6.45) is 4.29. The highest BCUT2D eigenvalue weighted by atomic mass is 15.3. The zero-order valence-corrected chi connectivity index (χ0v) is 13.2. The van der Waals surface area contributed by atoms with Crippen LogP contribution in [0, 0.1) is 5.92 Å². The summed E-state index contributed by atoms with van der Waals surface area (Å²) in [4.78, 5) is 5.58. The van der Waals surface area contributed by atoms with Crippen LogP contribution in [0.5, 0.6) is 0 Å². The van der Waals surface area contributed by atoms with Crippen molar-refractivity contribution in [3.63, 3.8) is 0 Å². The Labute approximate surface area is 118 Å². The summed E-state index contributed by atoms with van der Waals surface area (Å²) in [7, 11) is 0. The molecule has 2 unspecified atom stereocenters. The molecule has 3 aliphatic rings. The summed E-state index contributed by atoms with van der Waals surface area (Å²) in [5.74, 6) is 0.749. The van der Waals surface area contributed by atoms with Crippen molar-refractivity contribution in [1.29, 1.82) is 0 Å². The molecule has 1 aliphatic carbocycles. The lowest BCUT2D eigenvalue weighted by Crippen LogP contribution is -2.65. The maximum Gasteiger partial charge on any atom is 0.0253 e. The predicted octanol–water partition coefficient (Wildman–Crippen LogP) is 1.93. The van der Waals surface area contributed by atoms with Crippen molar-refractivity contribution in [3.05, 3.63) is 0 Å². The van der Waals surface area contributed by atoms with Gasteiger partial charge in [-0.25, -0.2) is 0 Å². The Balaban J connectivity index is 1.68. The summed E-state index contributed by atoms with van der Waals surface area (Å²) < 4.78 is 0. The zero-order chi connectivity index (χ0) is 13.6. The molecule has 0 bridgehead atoms. The van der Waals surface area contributed by atoms with Crippen LogP contribution in [0.3, 0.4) is 0 Å². The Bertz CT molecular complexity index is 322. The van der Waals surface area contributed by atoms with E-state index in [2.05, 4.69) is 42.8 Å². The molecule has 2 heterocycles. The van der Waals surface area contributed by atoms with E-state index >= 15 is 0 Å². The number of rotatable bonds is 3. The van der Waals surface area contributed by atoms with Crippen molar-refractivity contribution in [2.45, 2.75) is 70.6 Å². The highest BCUT2D eigenvalue weighted by Gasteiger charge is 2.42. The quantitative estimate of drug-likeness (QED) is 0.841. The van der Waals surface area contributed by atoms with Crippen LogP contribution < -0.4 is 5.32 Å². The third kappa shape index (κ3) is 2.98. The van der Waals surface area contributed by atoms with Gasteiger partial charge in [0.1, 0.15) is 0 Å². The second-order valence-corrected chi connectivity index (χ2v) is 7.92. The van der Waals surface area contributed by atoms with Crippen molar-refractivity contribution in [2.24, 2.45) is 5.92 Å². The predicted molar refractivity (Wildman–Crippen MR) is 80.4 cm³/mol. The van der Waals surface area contributed by atoms with E-state index in [0.29, 0.717) is 0 Å². The lowest BCUT2D eigenvalue weighted by atomic mass is 9.91. The first-order valence-corrected chi connectivity index (χ1v) is 8.21. The van der Waals surface area contributed by atoms with E-state index < -0.39 is 0 Å². The first kappa shape index (κ1) is 13.8. The number of hydrogen-bond donors (Lipinski definition) is 1. The van der Waals surface area contributed by atoms with Gasteiger partial charge < -0.3 is 5.32 Å². The fourth-order valence-electron chi connectivity index (χ4n) is 3.96. The summed E-state index contributed by atoms with van der Waals surface area (Å²) in [5, 5.41) is 3.73. The average molecular weight is 265 g/mol. The molecule has 3 fully saturated rings. The van der Waals surface area contributed by atoms with Crippen molar-refractivity contribution < 1.29 is 0 Å². The second kappa shape index (κ2) is 5.01. The van der Waals surface area contributed by atoms with E-state index in [0.717, 1.165) is 30.6 Å². The highest BCUT2D eigenvalue weighted by Crippen LogP contribution is 2.33. The van der Waals surface area contributed by atoms with Crippen molar-refractivity contribution in [1.82, 2.24) is 15.1 Å². The molecule has 2 aliphatic heterocycles. The molecule has 19 heavy (non-hydrogen) atoms. The lowest BCUT2D eigenvalue weighted by molar-refractivity contribution is 0.0341. The molecule has 3 nitrogen and oxygen atoms in total. The second-order valence-electron chi connectivity index (χ2n) is 7.92. The van der Waals surface area contributed by atoms with E-state index in [4.69, 9.17) is 0 Å². The van der Waals surface area contributed by atoms with E-state index in [1.807, 2.05) is 0 Å². The van der Waals surface area contributed by atoms with Gasteiger partial charge in [-0.1, -0.05) is 13.8 Å². The Morgan fingerprint density at radius 2 is 1.84 bits per heavy atom. The van der Waals surface area contributed by atoms with Gasteiger partial charge in [-0.15, -0.1) is 0 Å². The molecule has 0 aromatic rings. The standard InChI is InChI=1S/C16H31N3/c1-12(2)15-9-17-16(3,4)11-19(15)14-7-8-18(10-14)13-5-6-13/h12-15,17H,5-11H2,1-4H3. The first-order chi connectivity index (χ1) is 8.96. The van der Waals surface area contributed by atoms with E-state index in [9.17, 15) is 0 Å². The maximum atomic E-state index is 3.73. The van der Waals surface area contributed by atoms with Crippen LogP contribution in [-0.4, -0.2) is 59.6 Å². The average Bonchev–Trinajstić information content (AvgIpc) is 3.05. The largest absolute Gasteiger partial charge is 0.309 e. The van der Waals surface area contributed by atoms with Gasteiger partial charge in [0, 0.05) is 49.8 Å². The summed E-state index contributed by atoms with van der Waals surface area (Å²) >= 11 is 0. The van der Waals surface area contributed by atoms with Crippen LogP contribution in [0.1, 0.15) is 47.0 Å². The van der Waals surface area contributed by atoms with Crippen LogP contribution in [0.2, 0.25) is 0 Å². The molecule has 1 N–H and O–H groups in total. The molecular formula is C16H31N3. The van der Waals surface area contributed by atoms with Crippen LogP contribution in [0.25, 0.3) is 0 Å². The van der Waals surface area contributed by atoms with Gasteiger partial charge in [0.15, 0.2) is 0 Å². The summed E-state index contributed by atoms with van der Waals surface area (Å²) in [5.41, 5.74) is 0.276. The highest BCUT2D eigenvalue weighted by molar-refractivity contribution is 5.00. The van der Waals surface area contributed by atoms with E-state index in [1.54, 1.807) is 0 Å². The van der Waals surface area contributed by atoms with E-state index in [1.165, 1.54) is 38.9 Å². The number of nitrogens with zero attached hydrogens (tertiary/aromatic N) is 2. The van der Waals surface area contributed by atoms with Gasteiger partial charge in [-0.3, -0.25) is 9.80 Å². The Morgan fingerprint density at radius 3 is 2.47 bits per heavy atom. The molecule has 3 rings (SSSR count). The van der Waals surface area contributed by atoms with Crippen molar-refractivity contribution in [3.8, 4) is 0 Å². The normalized spacial score (nSPS) is 37.1. The fraction of sp³-hybridized carbons (Fsp3) is 1.00. The summed E-state index contributed by atoms with van der Waals surface area (Å²) in [6, 6.07) is 2.46. The minimum absolute atomic E-state index is 0.276. The molecule has 1 saturated carbocycles. The molecule has 2 saturated heterocycles. The molecule has 3 heteroatoms. The van der Waals surface area contributed by atoms with Crippen molar-refractivity contribution >= 4 is 0 Å². The minimum Gasteiger partial charge on any atom is -0.309 e. The third-order valence-electron chi connectivity index (χ3n) is 5.29. The number of nitrogens with one attached hydrogen (secondary N) is 1. The Morgan fingerprint density at radius 1 is 1.11 bits per heavy atom. The SMILES string of the molecule is CC(C)C1CNC(C)(C)CN1C1CCN(C2CC2)C1. The minimum atomic E-state index is 0.276. The monoisotopic (exact) mass is 265 g/mol. The maximum absolute atomic E-state index is 3.73. The lowest BCUT2D eigenvalue weighted by Gasteiger charge is -2.49. The topological polar surface area (TPSA) is 18.5 Å². The smallest absolute Gasteiger partial charge is 0.0253 e. The third-order valence-corrected chi connectivity index (χ3v) is 5.29. The van der Waals surface area contributed by atoms with Crippen LogP contribution in [-0.2, 0) is 0 Å². The van der Waals surface area contributed by atoms with Crippen LogP contribution in [0.15, 0.2) is 0 Å². The Hall–Kier alpha value is -0.120. The van der Waals surface area contributed by atoms with Gasteiger partial charge in [0.2, 0.25) is 0 Å².